The summed E-state index contributed by atoms with van der Waals surface area (Å²) in [6, 6.07) is 26.3. The van der Waals surface area contributed by atoms with Gasteiger partial charge in [0.2, 0.25) is 0 Å². The Morgan fingerprint density at radius 1 is 0.771 bits per heavy atom. The molecule has 0 spiro atoms. The van der Waals surface area contributed by atoms with Crippen LogP contribution in [0.3, 0.4) is 0 Å². The van der Waals surface area contributed by atoms with E-state index < -0.39 is 12.0 Å². The zero-order valence-electron chi connectivity index (χ0n) is 20.3. The Labute approximate surface area is 206 Å². The lowest BCUT2D eigenvalue weighted by Crippen LogP contribution is -2.45. The average Bonchev–Trinajstić information content (AvgIpc) is 3.63. The third-order valence-corrected chi connectivity index (χ3v) is 6.62. The van der Waals surface area contributed by atoms with E-state index in [9.17, 15) is 14.4 Å². The number of esters is 1. The van der Waals surface area contributed by atoms with Crippen molar-refractivity contribution in [2.75, 3.05) is 6.61 Å². The molecular weight excluding hydrogens is 438 g/mol. The van der Waals surface area contributed by atoms with Crippen molar-refractivity contribution in [3.8, 4) is 0 Å². The van der Waals surface area contributed by atoms with Gasteiger partial charge in [0.1, 0.15) is 6.04 Å². The molecule has 35 heavy (non-hydrogen) atoms. The number of Topliss-reactive ketones (excluding diaryl/α,β-unsaturated/α-hetero) is 1. The number of nitrogens with one attached hydrogen (secondary N) is 1. The first kappa shape index (κ1) is 24.4. The smallest absolute Gasteiger partial charge is 0.328 e. The molecule has 180 valence electrons. The molecule has 4 rings (SSSR count). The van der Waals surface area contributed by atoms with Crippen LogP contribution in [0.1, 0.15) is 64.4 Å². The van der Waals surface area contributed by atoms with Crippen molar-refractivity contribution < 1.29 is 19.1 Å². The highest BCUT2D eigenvalue weighted by atomic mass is 16.5. The van der Waals surface area contributed by atoms with Gasteiger partial charge in [-0.1, -0.05) is 86.6 Å². The predicted molar refractivity (Wildman–Crippen MR) is 135 cm³/mol. The molecule has 1 amide bonds. The summed E-state index contributed by atoms with van der Waals surface area (Å²) in [6.07, 6.45) is 0. The minimum absolute atomic E-state index is 0.0752. The Bertz CT molecular complexity index is 1130. The molecule has 0 heterocycles. The summed E-state index contributed by atoms with van der Waals surface area (Å²) in [5.74, 6) is -0.740. The molecule has 0 saturated heterocycles. The Kier molecular flexibility index (Phi) is 7.45. The SMILES string of the molecule is CCOC(=O)[C@@H](NC(=O)c1ccc(C(=O)C2[C@@H](c3ccccc3)[C@@H]2c2ccccc2)cc1)C(C)C. The maximum absolute atomic E-state index is 13.5. The average molecular weight is 470 g/mol. The van der Waals surface area contributed by atoms with Crippen molar-refractivity contribution in [1.82, 2.24) is 5.32 Å². The second-order valence-electron chi connectivity index (χ2n) is 9.29. The molecule has 3 aromatic carbocycles. The van der Waals surface area contributed by atoms with Crippen molar-refractivity contribution in [3.63, 3.8) is 0 Å². The van der Waals surface area contributed by atoms with Gasteiger partial charge in [0.05, 0.1) is 6.61 Å². The molecule has 3 aromatic rings. The van der Waals surface area contributed by atoms with Crippen LogP contribution in [0.25, 0.3) is 0 Å². The molecular formula is C30H31NO4. The van der Waals surface area contributed by atoms with Crippen molar-refractivity contribution in [1.29, 1.82) is 0 Å². The molecule has 5 nitrogen and oxygen atoms in total. The molecule has 0 radical (unpaired) electrons. The fraction of sp³-hybridized carbons (Fsp3) is 0.300. The molecule has 1 fully saturated rings. The fourth-order valence-electron chi connectivity index (χ4n) is 4.75. The van der Waals surface area contributed by atoms with Gasteiger partial charge in [-0.15, -0.1) is 0 Å². The van der Waals surface area contributed by atoms with Crippen LogP contribution in [0.2, 0.25) is 0 Å². The maximum Gasteiger partial charge on any atom is 0.328 e. The number of benzene rings is 3. The maximum atomic E-state index is 13.5. The van der Waals surface area contributed by atoms with Gasteiger partial charge in [-0.3, -0.25) is 9.59 Å². The first-order chi connectivity index (χ1) is 16.9. The topological polar surface area (TPSA) is 72.5 Å². The van der Waals surface area contributed by atoms with Gasteiger partial charge in [-0.05, 0) is 36.1 Å². The lowest BCUT2D eigenvalue weighted by atomic mass is 10.0. The van der Waals surface area contributed by atoms with Gasteiger partial charge in [-0.25, -0.2) is 4.79 Å². The highest BCUT2D eigenvalue weighted by Gasteiger charge is 2.55. The number of hydrogen-bond donors (Lipinski definition) is 1. The minimum atomic E-state index is -0.728. The van der Waals surface area contributed by atoms with E-state index in [4.69, 9.17) is 4.74 Å². The van der Waals surface area contributed by atoms with Crippen LogP contribution in [-0.2, 0) is 9.53 Å². The lowest BCUT2D eigenvalue weighted by molar-refractivity contribution is -0.146. The van der Waals surface area contributed by atoms with Gasteiger partial charge < -0.3 is 10.1 Å². The summed E-state index contributed by atoms with van der Waals surface area (Å²) in [5, 5.41) is 2.76. The number of carbonyl (C=O) groups is 3. The monoisotopic (exact) mass is 469 g/mol. The van der Waals surface area contributed by atoms with Crippen LogP contribution in [0, 0.1) is 11.8 Å². The normalized spacial score (nSPS) is 19.6. The summed E-state index contributed by atoms with van der Waals surface area (Å²) in [4.78, 5) is 38.5. The number of rotatable bonds is 9. The summed E-state index contributed by atoms with van der Waals surface area (Å²) in [6.45, 7) is 5.69. The zero-order chi connectivity index (χ0) is 24.9. The zero-order valence-corrected chi connectivity index (χ0v) is 20.3. The van der Waals surface area contributed by atoms with Crippen molar-refractivity contribution >= 4 is 17.7 Å². The number of ketones is 1. The molecule has 1 aliphatic rings. The fourth-order valence-corrected chi connectivity index (χ4v) is 4.75. The molecule has 0 aromatic heterocycles. The summed E-state index contributed by atoms with van der Waals surface area (Å²) >= 11 is 0. The Balaban J connectivity index is 1.51. The van der Waals surface area contributed by atoms with Crippen LogP contribution < -0.4 is 5.32 Å². The van der Waals surface area contributed by atoms with Crippen LogP contribution in [0.4, 0.5) is 0 Å². The number of hydrogen-bond acceptors (Lipinski definition) is 4. The molecule has 0 aliphatic heterocycles. The van der Waals surface area contributed by atoms with Crippen molar-refractivity contribution in [2.45, 2.75) is 38.6 Å². The van der Waals surface area contributed by atoms with E-state index in [1.165, 1.54) is 0 Å². The Morgan fingerprint density at radius 3 is 1.71 bits per heavy atom. The first-order valence-corrected chi connectivity index (χ1v) is 12.1. The molecule has 1 saturated carbocycles. The van der Waals surface area contributed by atoms with Gasteiger partial charge in [0.25, 0.3) is 5.91 Å². The third kappa shape index (κ3) is 5.35. The quantitative estimate of drug-likeness (QED) is 0.337. The molecule has 1 N–H and O–H groups in total. The summed E-state index contributed by atoms with van der Waals surface area (Å²) < 4.78 is 5.08. The Hall–Kier alpha value is -3.73. The highest BCUT2D eigenvalue weighted by molar-refractivity contribution is 6.03. The van der Waals surface area contributed by atoms with E-state index in [1.807, 2.05) is 50.2 Å². The largest absolute Gasteiger partial charge is 0.464 e. The predicted octanol–water partition coefficient (Wildman–Crippen LogP) is 5.38. The van der Waals surface area contributed by atoms with E-state index >= 15 is 0 Å². The molecule has 0 unspecified atom stereocenters. The van der Waals surface area contributed by atoms with Crippen LogP contribution >= 0.6 is 0 Å². The standard InChI is InChI=1S/C30H31NO4/c1-4-35-30(34)27(19(2)3)31-29(33)23-17-15-22(16-18-23)28(32)26-24(20-11-7-5-8-12-20)25(26)21-13-9-6-10-14-21/h5-19,24-27H,4H2,1-3H3,(H,31,33)/t24-,25-,27-/m0/s1. The van der Waals surface area contributed by atoms with Crippen molar-refractivity contribution in [2.24, 2.45) is 11.8 Å². The number of carbonyl (C=O) groups excluding carboxylic acids is 3. The van der Waals surface area contributed by atoms with E-state index in [2.05, 4.69) is 29.6 Å². The van der Waals surface area contributed by atoms with Gasteiger partial charge in [-0.2, -0.15) is 0 Å². The summed E-state index contributed by atoms with van der Waals surface area (Å²) in [7, 11) is 0. The first-order valence-electron chi connectivity index (χ1n) is 12.1. The van der Waals surface area contributed by atoms with E-state index in [0.717, 1.165) is 11.1 Å². The number of ether oxygens (including phenoxy) is 1. The minimum Gasteiger partial charge on any atom is -0.464 e. The third-order valence-electron chi connectivity index (χ3n) is 6.62. The van der Waals surface area contributed by atoms with Crippen LogP contribution in [0.5, 0.6) is 0 Å². The van der Waals surface area contributed by atoms with E-state index in [1.54, 1.807) is 31.2 Å². The van der Waals surface area contributed by atoms with Crippen LogP contribution in [0.15, 0.2) is 84.9 Å². The highest BCUT2D eigenvalue weighted by Crippen LogP contribution is 2.61. The number of amides is 1. The molecule has 3 atom stereocenters. The molecule has 5 heteroatoms. The molecule has 1 aliphatic carbocycles. The van der Waals surface area contributed by atoms with Crippen molar-refractivity contribution in [3.05, 3.63) is 107 Å². The van der Waals surface area contributed by atoms with Crippen LogP contribution in [-0.4, -0.2) is 30.3 Å². The summed E-state index contributed by atoms with van der Waals surface area (Å²) in [5.41, 5.74) is 3.30. The lowest BCUT2D eigenvalue weighted by Gasteiger charge is -2.20. The second kappa shape index (κ2) is 10.7. The van der Waals surface area contributed by atoms with Gasteiger partial charge in [0.15, 0.2) is 5.78 Å². The second-order valence-corrected chi connectivity index (χ2v) is 9.29. The molecule has 0 bridgehead atoms. The Morgan fingerprint density at radius 2 is 1.26 bits per heavy atom. The van der Waals surface area contributed by atoms with E-state index in [-0.39, 0.29) is 42.0 Å². The van der Waals surface area contributed by atoms with Gasteiger partial charge >= 0.3 is 5.97 Å². The van der Waals surface area contributed by atoms with E-state index in [0.29, 0.717) is 11.1 Å². The van der Waals surface area contributed by atoms with Gasteiger partial charge in [0, 0.05) is 28.9 Å².